The highest BCUT2D eigenvalue weighted by Gasteiger charge is 2.31. The number of rotatable bonds is 4. The van der Waals surface area contributed by atoms with Crippen LogP contribution in [0.5, 0.6) is 0 Å². The first kappa shape index (κ1) is 17.4. The summed E-state index contributed by atoms with van der Waals surface area (Å²) < 4.78 is 82.2. The minimum absolute atomic E-state index is 0.0582. The number of nitrogens with one attached hydrogen (secondary N) is 1. The average molecular weight is 352 g/mol. The zero-order valence-electron chi connectivity index (χ0n) is 12.0. The predicted molar refractivity (Wildman–Crippen MR) is 71.4 cm³/mol. The summed E-state index contributed by atoms with van der Waals surface area (Å²) in [4.78, 5) is -0.176. The van der Waals surface area contributed by atoms with Gasteiger partial charge in [-0.1, -0.05) is 11.2 Å². The van der Waals surface area contributed by atoms with Gasteiger partial charge in [0.25, 0.3) is 0 Å². The molecule has 0 amide bonds. The van der Waals surface area contributed by atoms with Crippen LogP contribution < -0.4 is 4.72 Å². The molecule has 5 nitrogen and oxygen atoms in total. The van der Waals surface area contributed by atoms with Crippen LogP contribution in [0.25, 0.3) is 0 Å². The number of alkyl halides is 3. The van der Waals surface area contributed by atoms with Gasteiger partial charge >= 0.3 is 6.18 Å². The number of aryl methyl sites for hydroxylation is 2. The molecule has 0 saturated carbocycles. The van der Waals surface area contributed by atoms with E-state index in [1.165, 1.54) is 13.8 Å². The second-order valence-corrected chi connectivity index (χ2v) is 6.49. The van der Waals surface area contributed by atoms with Gasteiger partial charge in [-0.15, -0.1) is 0 Å². The summed E-state index contributed by atoms with van der Waals surface area (Å²) in [5, 5.41) is 3.50. The molecular formula is C13H12F4N2O3S. The van der Waals surface area contributed by atoms with Crippen molar-refractivity contribution in [2.24, 2.45) is 0 Å². The summed E-state index contributed by atoms with van der Waals surface area (Å²) in [6.45, 7) is 2.31. The van der Waals surface area contributed by atoms with Crippen LogP contribution in [-0.2, 0) is 22.7 Å². The number of benzene rings is 1. The van der Waals surface area contributed by atoms with E-state index in [2.05, 4.69) is 9.88 Å². The van der Waals surface area contributed by atoms with Gasteiger partial charge in [-0.2, -0.15) is 13.2 Å². The molecule has 1 heterocycles. The molecular weight excluding hydrogens is 340 g/mol. The highest BCUT2D eigenvalue weighted by molar-refractivity contribution is 7.89. The van der Waals surface area contributed by atoms with Crippen molar-refractivity contribution < 1.29 is 30.5 Å². The zero-order chi connectivity index (χ0) is 17.4. The van der Waals surface area contributed by atoms with Gasteiger partial charge in [0.05, 0.1) is 5.56 Å². The van der Waals surface area contributed by atoms with Crippen molar-refractivity contribution in [1.29, 1.82) is 0 Å². The van der Waals surface area contributed by atoms with E-state index in [0.29, 0.717) is 12.1 Å². The molecule has 1 N–H and O–H groups in total. The van der Waals surface area contributed by atoms with E-state index in [4.69, 9.17) is 4.52 Å². The monoisotopic (exact) mass is 352 g/mol. The highest BCUT2D eigenvalue weighted by Crippen LogP contribution is 2.30. The van der Waals surface area contributed by atoms with E-state index in [1.807, 2.05) is 0 Å². The van der Waals surface area contributed by atoms with E-state index in [9.17, 15) is 26.0 Å². The number of aromatic nitrogens is 1. The minimum atomic E-state index is -4.67. The number of sulfonamides is 1. The first-order valence-corrected chi connectivity index (χ1v) is 7.79. The average Bonchev–Trinajstić information content (AvgIpc) is 2.76. The molecule has 1 aromatic carbocycles. The molecule has 2 aromatic rings. The largest absolute Gasteiger partial charge is 0.416 e. The second kappa shape index (κ2) is 5.93. The molecule has 0 aliphatic carbocycles. The Morgan fingerprint density at radius 1 is 1.26 bits per heavy atom. The molecule has 2 rings (SSSR count). The molecule has 0 saturated heterocycles. The third kappa shape index (κ3) is 3.70. The summed E-state index contributed by atoms with van der Waals surface area (Å²) in [5.74, 6) is -1.09. The second-order valence-electron chi connectivity index (χ2n) is 4.78. The maximum atomic E-state index is 13.7. The van der Waals surface area contributed by atoms with E-state index in [-0.39, 0.29) is 21.9 Å². The molecule has 0 spiro atoms. The Balaban J connectivity index is 2.21. The lowest BCUT2D eigenvalue weighted by molar-refractivity contribution is -0.137. The molecule has 0 aliphatic rings. The molecule has 0 bridgehead atoms. The quantitative estimate of drug-likeness (QED) is 0.859. The fraction of sp³-hybridized carbons (Fsp3) is 0.308. The van der Waals surface area contributed by atoms with E-state index in [1.54, 1.807) is 0 Å². The lowest BCUT2D eigenvalue weighted by Crippen LogP contribution is -2.24. The fourth-order valence-electron chi connectivity index (χ4n) is 1.97. The number of hydrogen-bond acceptors (Lipinski definition) is 4. The number of nitrogens with zero attached hydrogens (tertiary/aromatic N) is 1. The Hall–Kier alpha value is -1.94. The Kier molecular flexibility index (Phi) is 4.49. The Labute approximate surface area is 129 Å². The van der Waals surface area contributed by atoms with Crippen LogP contribution in [0.2, 0.25) is 0 Å². The van der Waals surface area contributed by atoms with E-state index < -0.39 is 34.1 Å². The molecule has 0 atom stereocenters. The Morgan fingerprint density at radius 2 is 1.91 bits per heavy atom. The van der Waals surface area contributed by atoms with Crippen LogP contribution >= 0.6 is 0 Å². The molecule has 23 heavy (non-hydrogen) atoms. The zero-order valence-corrected chi connectivity index (χ0v) is 12.8. The van der Waals surface area contributed by atoms with Gasteiger partial charge in [0.1, 0.15) is 16.4 Å². The van der Waals surface area contributed by atoms with Crippen LogP contribution in [-0.4, -0.2) is 13.6 Å². The van der Waals surface area contributed by atoms with Crippen molar-refractivity contribution in [3.05, 3.63) is 46.6 Å². The van der Waals surface area contributed by atoms with Gasteiger partial charge in [-0.25, -0.2) is 17.5 Å². The topological polar surface area (TPSA) is 72.2 Å². The van der Waals surface area contributed by atoms with Crippen LogP contribution in [0.4, 0.5) is 17.6 Å². The van der Waals surface area contributed by atoms with Crippen LogP contribution in [0, 0.1) is 19.7 Å². The summed E-state index contributed by atoms with van der Waals surface area (Å²) in [5.41, 5.74) is -1.23. The summed E-state index contributed by atoms with van der Waals surface area (Å²) in [7, 11) is -4.03. The van der Waals surface area contributed by atoms with Gasteiger partial charge in [0.15, 0.2) is 5.76 Å². The van der Waals surface area contributed by atoms with Crippen molar-refractivity contribution in [3.63, 3.8) is 0 Å². The summed E-state index contributed by atoms with van der Waals surface area (Å²) >= 11 is 0. The lowest BCUT2D eigenvalue weighted by Gasteiger charge is -2.10. The minimum Gasteiger partial charge on any atom is -0.360 e. The lowest BCUT2D eigenvalue weighted by atomic mass is 10.1. The SMILES string of the molecule is Cc1noc(C)c1S(=O)(=O)NCc1ccc(C(F)(F)F)cc1F. The van der Waals surface area contributed by atoms with Gasteiger partial charge in [-0.05, 0) is 26.0 Å². The fourth-order valence-corrected chi connectivity index (χ4v) is 3.30. The van der Waals surface area contributed by atoms with Crippen LogP contribution in [0.15, 0.2) is 27.6 Å². The van der Waals surface area contributed by atoms with Gasteiger partial charge in [0, 0.05) is 12.1 Å². The predicted octanol–water partition coefficient (Wildman–Crippen LogP) is 2.93. The van der Waals surface area contributed by atoms with Gasteiger partial charge in [0.2, 0.25) is 10.0 Å². The van der Waals surface area contributed by atoms with Crippen LogP contribution in [0.3, 0.4) is 0 Å². The van der Waals surface area contributed by atoms with E-state index in [0.717, 1.165) is 6.07 Å². The summed E-state index contributed by atoms with van der Waals surface area (Å²) in [6.07, 6.45) is -4.67. The highest BCUT2D eigenvalue weighted by atomic mass is 32.2. The van der Waals surface area contributed by atoms with Crippen molar-refractivity contribution in [3.8, 4) is 0 Å². The maximum absolute atomic E-state index is 13.7. The summed E-state index contributed by atoms with van der Waals surface area (Å²) in [6, 6.07) is 1.89. The maximum Gasteiger partial charge on any atom is 0.416 e. The van der Waals surface area contributed by atoms with Crippen molar-refractivity contribution in [1.82, 2.24) is 9.88 Å². The van der Waals surface area contributed by atoms with E-state index >= 15 is 0 Å². The molecule has 0 radical (unpaired) electrons. The number of hydrogen-bond donors (Lipinski definition) is 1. The standard InChI is InChI=1S/C13H12F4N2O3S/c1-7-12(8(2)22-19-7)23(20,21)18-6-9-3-4-10(5-11(9)14)13(15,16)17/h3-5,18H,6H2,1-2H3. The molecule has 0 aliphatic heterocycles. The van der Waals surface area contributed by atoms with Crippen molar-refractivity contribution in [2.45, 2.75) is 31.5 Å². The number of halogens is 4. The van der Waals surface area contributed by atoms with Crippen LogP contribution in [0.1, 0.15) is 22.6 Å². The third-order valence-electron chi connectivity index (χ3n) is 3.07. The first-order valence-electron chi connectivity index (χ1n) is 6.30. The molecule has 0 fully saturated rings. The molecule has 1 aromatic heterocycles. The first-order chi connectivity index (χ1) is 10.5. The molecule has 0 unspecified atom stereocenters. The molecule has 126 valence electrons. The molecule has 10 heteroatoms. The smallest absolute Gasteiger partial charge is 0.360 e. The Bertz CT molecular complexity index is 809. The van der Waals surface area contributed by atoms with Crippen molar-refractivity contribution >= 4 is 10.0 Å². The Morgan fingerprint density at radius 3 is 2.39 bits per heavy atom. The van der Waals surface area contributed by atoms with Crippen molar-refractivity contribution in [2.75, 3.05) is 0 Å². The third-order valence-corrected chi connectivity index (χ3v) is 4.71. The van der Waals surface area contributed by atoms with Gasteiger partial charge < -0.3 is 4.52 Å². The normalized spacial score (nSPS) is 12.6. The van der Waals surface area contributed by atoms with Gasteiger partial charge in [-0.3, -0.25) is 0 Å².